The molecule has 0 fully saturated rings. The molecule has 2 rings (SSSR count). The van der Waals surface area contributed by atoms with Crippen LogP contribution in [0.3, 0.4) is 0 Å². The normalized spacial score (nSPS) is 14.0. The van der Waals surface area contributed by atoms with E-state index in [-0.39, 0.29) is 5.92 Å². The fourth-order valence-corrected chi connectivity index (χ4v) is 2.28. The lowest BCUT2D eigenvalue weighted by Gasteiger charge is -2.21. The molecule has 0 heterocycles. The van der Waals surface area contributed by atoms with Crippen LogP contribution in [0.25, 0.3) is 0 Å². The van der Waals surface area contributed by atoms with E-state index in [1.54, 1.807) is 6.26 Å². The minimum atomic E-state index is -0.593. The molecule has 0 radical (unpaired) electrons. The Bertz CT molecular complexity index is 558. The zero-order chi connectivity index (χ0) is 15.1. The molecule has 2 heteroatoms. The highest BCUT2D eigenvalue weighted by molar-refractivity contribution is 5.31. The molecule has 0 aliphatic rings. The van der Waals surface area contributed by atoms with Gasteiger partial charge in [-0.15, -0.1) is 0 Å². The molecule has 21 heavy (non-hydrogen) atoms. The number of benzene rings is 2. The molecule has 2 atom stereocenters. The molecule has 0 amide bonds. The van der Waals surface area contributed by atoms with E-state index in [1.165, 1.54) is 5.56 Å². The first-order valence-corrected chi connectivity index (χ1v) is 7.30. The van der Waals surface area contributed by atoms with Crippen molar-refractivity contribution in [1.29, 1.82) is 0 Å². The Kier molecular flexibility index (Phi) is 5.59. The number of aliphatic hydroxyl groups excluding tert-OH is 1. The third-order valence-electron chi connectivity index (χ3n) is 3.49. The summed E-state index contributed by atoms with van der Waals surface area (Å²) in [5.74, 6) is -0.125. The van der Waals surface area contributed by atoms with E-state index in [2.05, 4.69) is 0 Å². The van der Waals surface area contributed by atoms with E-state index in [1.807, 2.05) is 74.5 Å². The predicted molar refractivity (Wildman–Crippen MR) is 86.1 cm³/mol. The predicted octanol–water partition coefficient (Wildman–Crippen LogP) is 4.36. The zero-order valence-electron chi connectivity index (χ0n) is 12.6. The van der Waals surface area contributed by atoms with Crippen molar-refractivity contribution < 1.29 is 9.84 Å². The molecule has 0 saturated carbocycles. The molecule has 0 spiro atoms. The van der Waals surface area contributed by atoms with Gasteiger partial charge in [0.1, 0.15) is 0 Å². The first kappa shape index (κ1) is 15.3. The summed E-state index contributed by atoms with van der Waals surface area (Å²) in [5.41, 5.74) is 3.17. The van der Waals surface area contributed by atoms with Gasteiger partial charge in [0.25, 0.3) is 0 Å². The summed E-state index contributed by atoms with van der Waals surface area (Å²) < 4.78 is 5.30. The standard InChI is InChI=1S/C19H22O2/c1-3-21-14-13-18(16-7-5-4-6-8-16)19(20)17-11-9-15(2)10-12-17/h4-14,18-20H,3H2,1-2H3. The van der Waals surface area contributed by atoms with Crippen molar-refractivity contribution >= 4 is 0 Å². The molecule has 2 aromatic carbocycles. The lowest BCUT2D eigenvalue weighted by Crippen LogP contribution is -2.09. The van der Waals surface area contributed by atoms with Crippen molar-refractivity contribution in [3.05, 3.63) is 83.6 Å². The quantitative estimate of drug-likeness (QED) is 0.798. The topological polar surface area (TPSA) is 29.5 Å². The van der Waals surface area contributed by atoms with Crippen LogP contribution in [0, 0.1) is 6.92 Å². The minimum absolute atomic E-state index is 0.125. The van der Waals surface area contributed by atoms with Crippen molar-refractivity contribution in [2.75, 3.05) is 6.61 Å². The molecule has 2 nitrogen and oxygen atoms in total. The van der Waals surface area contributed by atoms with Gasteiger partial charge >= 0.3 is 0 Å². The highest BCUT2D eigenvalue weighted by atomic mass is 16.5. The maximum Gasteiger partial charge on any atom is 0.0894 e. The first-order valence-electron chi connectivity index (χ1n) is 7.30. The van der Waals surface area contributed by atoms with Crippen LogP contribution in [0.2, 0.25) is 0 Å². The molecule has 2 unspecified atom stereocenters. The van der Waals surface area contributed by atoms with Crippen molar-refractivity contribution in [2.45, 2.75) is 25.9 Å². The van der Waals surface area contributed by atoms with Crippen LogP contribution >= 0.6 is 0 Å². The Labute approximate surface area is 126 Å². The Hall–Kier alpha value is -2.06. The summed E-state index contributed by atoms with van der Waals surface area (Å²) in [6.07, 6.45) is 3.00. The van der Waals surface area contributed by atoms with Gasteiger partial charge in [0.15, 0.2) is 0 Å². The summed E-state index contributed by atoms with van der Waals surface area (Å²) in [4.78, 5) is 0. The molecular formula is C19H22O2. The van der Waals surface area contributed by atoms with E-state index in [9.17, 15) is 5.11 Å². The lowest BCUT2D eigenvalue weighted by molar-refractivity contribution is 0.159. The van der Waals surface area contributed by atoms with Crippen molar-refractivity contribution in [2.24, 2.45) is 0 Å². The van der Waals surface area contributed by atoms with Gasteiger partial charge in [-0.25, -0.2) is 0 Å². The van der Waals surface area contributed by atoms with Crippen LogP contribution in [0.5, 0.6) is 0 Å². The van der Waals surface area contributed by atoms with Crippen molar-refractivity contribution in [3.8, 4) is 0 Å². The smallest absolute Gasteiger partial charge is 0.0894 e. The number of ether oxygens (including phenoxy) is 1. The Morgan fingerprint density at radius 3 is 2.29 bits per heavy atom. The molecular weight excluding hydrogens is 260 g/mol. The fourth-order valence-electron chi connectivity index (χ4n) is 2.28. The molecule has 1 N–H and O–H groups in total. The number of rotatable bonds is 6. The van der Waals surface area contributed by atoms with Crippen LogP contribution in [0.15, 0.2) is 66.9 Å². The second kappa shape index (κ2) is 7.65. The summed E-state index contributed by atoms with van der Waals surface area (Å²) in [5, 5.41) is 10.7. The van der Waals surface area contributed by atoms with Gasteiger partial charge in [-0.1, -0.05) is 60.2 Å². The molecule has 0 aliphatic heterocycles. The lowest BCUT2D eigenvalue weighted by atomic mass is 9.89. The summed E-state index contributed by atoms with van der Waals surface area (Å²) in [6.45, 7) is 4.61. The first-order chi connectivity index (χ1) is 10.2. The molecule has 0 aliphatic carbocycles. The maximum absolute atomic E-state index is 10.7. The highest BCUT2D eigenvalue weighted by Gasteiger charge is 2.20. The van der Waals surface area contributed by atoms with Crippen LogP contribution in [0.4, 0.5) is 0 Å². The second-order valence-electron chi connectivity index (χ2n) is 5.08. The molecule has 0 bridgehead atoms. The minimum Gasteiger partial charge on any atom is -0.502 e. The number of aryl methyl sites for hydroxylation is 1. The number of hydrogen-bond acceptors (Lipinski definition) is 2. The monoisotopic (exact) mass is 282 g/mol. The van der Waals surface area contributed by atoms with Crippen LogP contribution in [-0.2, 0) is 4.74 Å². The SMILES string of the molecule is CCOC=CC(c1ccccc1)C(O)c1ccc(C)cc1. The summed E-state index contributed by atoms with van der Waals surface area (Å²) >= 11 is 0. The molecule has 0 aromatic heterocycles. The average molecular weight is 282 g/mol. The van der Waals surface area contributed by atoms with Crippen LogP contribution in [0.1, 0.15) is 35.6 Å². The third kappa shape index (κ3) is 4.20. The van der Waals surface area contributed by atoms with E-state index >= 15 is 0 Å². The Balaban J connectivity index is 2.28. The van der Waals surface area contributed by atoms with E-state index in [4.69, 9.17) is 4.74 Å². The molecule has 0 saturated heterocycles. The van der Waals surface area contributed by atoms with Gasteiger partial charge < -0.3 is 9.84 Å². The van der Waals surface area contributed by atoms with Crippen LogP contribution in [-0.4, -0.2) is 11.7 Å². The second-order valence-corrected chi connectivity index (χ2v) is 5.08. The van der Waals surface area contributed by atoms with Crippen LogP contribution < -0.4 is 0 Å². The summed E-state index contributed by atoms with van der Waals surface area (Å²) in [7, 11) is 0. The van der Waals surface area contributed by atoms with Gasteiger partial charge in [0.05, 0.1) is 19.0 Å². The van der Waals surface area contributed by atoms with Gasteiger partial charge in [-0.2, -0.15) is 0 Å². The third-order valence-corrected chi connectivity index (χ3v) is 3.49. The van der Waals surface area contributed by atoms with E-state index in [0.29, 0.717) is 6.61 Å². The van der Waals surface area contributed by atoms with Gasteiger partial charge in [0.2, 0.25) is 0 Å². The molecule has 110 valence electrons. The van der Waals surface area contributed by atoms with Crippen molar-refractivity contribution in [1.82, 2.24) is 0 Å². The van der Waals surface area contributed by atoms with Gasteiger partial charge in [-0.3, -0.25) is 0 Å². The molecule has 2 aromatic rings. The number of hydrogen-bond donors (Lipinski definition) is 1. The maximum atomic E-state index is 10.7. The zero-order valence-corrected chi connectivity index (χ0v) is 12.6. The Morgan fingerprint density at radius 1 is 1.00 bits per heavy atom. The largest absolute Gasteiger partial charge is 0.502 e. The van der Waals surface area contributed by atoms with E-state index in [0.717, 1.165) is 11.1 Å². The Morgan fingerprint density at radius 2 is 1.67 bits per heavy atom. The number of aliphatic hydroxyl groups is 1. The fraction of sp³-hybridized carbons (Fsp3) is 0.263. The summed E-state index contributed by atoms with van der Waals surface area (Å²) in [6, 6.07) is 18.0. The van der Waals surface area contributed by atoms with Gasteiger partial charge in [-0.05, 0) is 31.1 Å². The van der Waals surface area contributed by atoms with E-state index < -0.39 is 6.10 Å². The van der Waals surface area contributed by atoms with Crippen molar-refractivity contribution in [3.63, 3.8) is 0 Å². The van der Waals surface area contributed by atoms with Gasteiger partial charge in [0, 0.05) is 5.92 Å². The highest BCUT2D eigenvalue weighted by Crippen LogP contribution is 2.32. The average Bonchev–Trinajstić information content (AvgIpc) is 2.53.